The zero-order chi connectivity index (χ0) is 16.4. The van der Waals surface area contributed by atoms with E-state index in [0.29, 0.717) is 6.42 Å². The summed E-state index contributed by atoms with van der Waals surface area (Å²) in [5, 5.41) is 3.03. The highest BCUT2D eigenvalue weighted by Gasteiger charge is 2.49. The molecule has 1 spiro atoms. The monoisotopic (exact) mass is 315 g/mol. The van der Waals surface area contributed by atoms with Crippen molar-refractivity contribution in [3.05, 3.63) is 35.9 Å². The molecule has 1 heterocycles. The molecule has 0 radical (unpaired) electrons. The molecule has 0 unspecified atom stereocenters. The van der Waals surface area contributed by atoms with E-state index < -0.39 is 0 Å². The maximum absolute atomic E-state index is 12.4. The van der Waals surface area contributed by atoms with Crippen molar-refractivity contribution in [2.45, 2.75) is 31.7 Å². The van der Waals surface area contributed by atoms with Crippen LogP contribution in [0.2, 0.25) is 0 Å². The standard InChI is InChI=1S/C18H25N3O2/c1-20(2)17(23)19-15-11-18(12-15)8-9-21(13-18)16(22)10-14-6-4-3-5-7-14/h3-7,15H,8-13H2,1-2H3,(H,19,23). The van der Waals surface area contributed by atoms with E-state index in [2.05, 4.69) is 5.32 Å². The minimum atomic E-state index is -0.0279. The molecule has 2 fully saturated rings. The number of amides is 3. The van der Waals surface area contributed by atoms with Crippen LogP contribution in [0.25, 0.3) is 0 Å². The van der Waals surface area contributed by atoms with Crippen molar-refractivity contribution in [2.75, 3.05) is 27.2 Å². The highest BCUT2D eigenvalue weighted by molar-refractivity contribution is 5.79. The summed E-state index contributed by atoms with van der Waals surface area (Å²) < 4.78 is 0. The van der Waals surface area contributed by atoms with E-state index in [4.69, 9.17) is 0 Å². The van der Waals surface area contributed by atoms with E-state index >= 15 is 0 Å². The van der Waals surface area contributed by atoms with Crippen molar-refractivity contribution in [1.29, 1.82) is 0 Å². The van der Waals surface area contributed by atoms with E-state index in [9.17, 15) is 9.59 Å². The first-order chi connectivity index (χ1) is 11.0. The molecule has 124 valence electrons. The topological polar surface area (TPSA) is 52.7 Å². The lowest BCUT2D eigenvalue weighted by molar-refractivity contribution is -0.130. The number of hydrogen-bond acceptors (Lipinski definition) is 2. The number of rotatable bonds is 3. The quantitative estimate of drug-likeness (QED) is 0.926. The third kappa shape index (κ3) is 3.49. The lowest BCUT2D eigenvalue weighted by atomic mass is 9.65. The molecule has 0 atom stereocenters. The molecule has 0 aromatic heterocycles. The summed E-state index contributed by atoms with van der Waals surface area (Å²) in [6.07, 6.45) is 3.52. The van der Waals surface area contributed by atoms with Crippen molar-refractivity contribution in [3.63, 3.8) is 0 Å². The summed E-state index contributed by atoms with van der Waals surface area (Å²) >= 11 is 0. The Bertz CT molecular complexity index is 579. The third-order valence-electron chi connectivity index (χ3n) is 5.08. The highest BCUT2D eigenvalue weighted by atomic mass is 16.2. The first-order valence-corrected chi connectivity index (χ1v) is 8.27. The molecule has 1 aliphatic heterocycles. The van der Waals surface area contributed by atoms with E-state index in [0.717, 1.165) is 37.9 Å². The molecule has 1 saturated carbocycles. The fourth-order valence-corrected chi connectivity index (χ4v) is 3.75. The molecule has 1 aromatic carbocycles. The predicted octanol–water partition coefficient (Wildman–Crippen LogP) is 1.88. The van der Waals surface area contributed by atoms with Gasteiger partial charge in [0.2, 0.25) is 5.91 Å². The van der Waals surface area contributed by atoms with Crippen LogP contribution in [-0.2, 0) is 11.2 Å². The Kier molecular flexibility index (Phi) is 4.28. The van der Waals surface area contributed by atoms with Crippen molar-refractivity contribution in [1.82, 2.24) is 15.1 Å². The smallest absolute Gasteiger partial charge is 0.317 e. The van der Waals surface area contributed by atoms with Crippen LogP contribution in [-0.4, -0.2) is 55.0 Å². The highest BCUT2D eigenvalue weighted by Crippen LogP contribution is 2.48. The summed E-state index contributed by atoms with van der Waals surface area (Å²) in [6.45, 7) is 1.69. The fourth-order valence-electron chi connectivity index (χ4n) is 3.75. The Hall–Kier alpha value is -2.04. The van der Waals surface area contributed by atoms with E-state index in [1.807, 2.05) is 35.2 Å². The lowest BCUT2D eigenvalue weighted by Gasteiger charge is -2.45. The van der Waals surface area contributed by atoms with Gasteiger partial charge in [0, 0.05) is 33.2 Å². The molecule has 1 aromatic rings. The average molecular weight is 315 g/mol. The van der Waals surface area contributed by atoms with Crippen LogP contribution in [0.4, 0.5) is 4.79 Å². The van der Waals surface area contributed by atoms with Crippen LogP contribution >= 0.6 is 0 Å². The summed E-state index contributed by atoms with van der Waals surface area (Å²) in [5.41, 5.74) is 1.31. The predicted molar refractivity (Wildman–Crippen MR) is 89.0 cm³/mol. The molecular weight excluding hydrogens is 290 g/mol. The van der Waals surface area contributed by atoms with Crippen LogP contribution in [0.5, 0.6) is 0 Å². The number of carbonyl (C=O) groups is 2. The third-order valence-corrected chi connectivity index (χ3v) is 5.08. The molecule has 3 amide bonds. The Morgan fingerprint density at radius 3 is 2.61 bits per heavy atom. The van der Waals surface area contributed by atoms with Gasteiger partial charge < -0.3 is 15.1 Å². The summed E-state index contributed by atoms with van der Waals surface area (Å²) in [7, 11) is 3.51. The Labute approximate surface area is 137 Å². The Morgan fingerprint density at radius 2 is 1.96 bits per heavy atom. The van der Waals surface area contributed by atoms with E-state index in [1.165, 1.54) is 0 Å². The van der Waals surface area contributed by atoms with Crippen molar-refractivity contribution >= 4 is 11.9 Å². The second-order valence-electron chi connectivity index (χ2n) is 7.18. The summed E-state index contributed by atoms with van der Waals surface area (Å²) in [5.74, 6) is 0.217. The van der Waals surface area contributed by atoms with Gasteiger partial charge in [0.05, 0.1) is 6.42 Å². The van der Waals surface area contributed by atoms with Crippen LogP contribution in [0.1, 0.15) is 24.8 Å². The minimum absolute atomic E-state index is 0.0279. The number of urea groups is 1. The molecule has 23 heavy (non-hydrogen) atoms. The van der Waals surface area contributed by atoms with Gasteiger partial charge in [0.1, 0.15) is 0 Å². The first-order valence-electron chi connectivity index (χ1n) is 8.27. The number of likely N-dealkylation sites (tertiary alicyclic amines) is 1. The maximum atomic E-state index is 12.4. The molecule has 2 aliphatic rings. The van der Waals surface area contributed by atoms with Crippen LogP contribution in [0.3, 0.4) is 0 Å². The second kappa shape index (κ2) is 6.22. The lowest BCUT2D eigenvalue weighted by Crippen LogP contribution is -2.54. The normalized spacial score (nSPS) is 26.0. The van der Waals surface area contributed by atoms with Crippen molar-refractivity contribution in [2.24, 2.45) is 5.41 Å². The van der Waals surface area contributed by atoms with Gasteiger partial charge in [-0.15, -0.1) is 0 Å². The number of nitrogens with one attached hydrogen (secondary N) is 1. The molecule has 5 nitrogen and oxygen atoms in total. The van der Waals surface area contributed by atoms with Gasteiger partial charge >= 0.3 is 6.03 Å². The van der Waals surface area contributed by atoms with Gasteiger partial charge in [0.25, 0.3) is 0 Å². The molecular formula is C18H25N3O2. The Balaban J connectivity index is 1.48. The van der Waals surface area contributed by atoms with Crippen molar-refractivity contribution in [3.8, 4) is 0 Å². The van der Waals surface area contributed by atoms with Gasteiger partial charge in [-0.2, -0.15) is 0 Å². The largest absolute Gasteiger partial charge is 0.342 e. The van der Waals surface area contributed by atoms with E-state index in [1.54, 1.807) is 19.0 Å². The van der Waals surface area contributed by atoms with Crippen LogP contribution < -0.4 is 5.32 Å². The van der Waals surface area contributed by atoms with Gasteiger partial charge in [0.15, 0.2) is 0 Å². The molecule has 3 rings (SSSR count). The molecule has 1 saturated heterocycles. The molecule has 1 aliphatic carbocycles. The SMILES string of the molecule is CN(C)C(=O)NC1CC2(CCN(C(=O)Cc3ccccc3)C2)C1. The fraction of sp³-hybridized carbons (Fsp3) is 0.556. The average Bonchev–Trinajstić information content (AvgIpc) is 2.93. The number of carbonyl (C=O) groups excluding carboxylic acids is 2. The number of hydrogen-bond donors (Lipinski definition) is 1. The zero-order valence-electron chi connectivity index (χ0n) is 13.9. The molecule has 1 N–H and O–H groups in total. The number of benzene rings is 1. The van der Waals surface area contributed by atoms with Gasteiger partial charge in [-0.3, -0.25) is 4.79 Å². The first kappa shape index (κ1) is 15.8. The second-order valence-corrected chi connectivity index (χ2v) is 7.18. The van der Waals surface area contributed by atoms with Crippen LogP contribution in [0.15, 0.2) is 30.3 Å². The summed E-state index contributed by atoms with van der Waals surface area (Å²) in [4.78, 5) is 27.7. The van der Waals surface area contributed by atoms with Crippen molar-refractivity contribution < 1.29 is 9.59 Å². The minimum Gasteiger partial charge on any atom is -0.342 e. The summed E-state index contributed by atoms with van der Waals surface area (Å²) in [6, 6.07) is 10.1. The van der Waals surface area contributed by atoms with Gasteiger partial charge in [-0.1, -0.05) is 30.3 Å². The number of nitrogens with zero attached hydrogens (tertiary/aromatic N) is 2. The maximum Gasteiger partial charge on any atom is 0.317 e. The molecule has 0 bridgehead atoms. The van der Waals surface area contributed by atoms with E-state index in [-0.39, 0.29) is 23.4 Å². The molecule has 5 heteroatoms. The Morgan fingerprint density at radius 1 is 1.26 bits per heavy atom. The van der Waals surface area contributed by atoms with Crippen LogP contribution in [0, 0.1) is 5.41 Å². The van der Waals surface area contributed by atoms with Gasteiger partial charge in [-0.25, -0.2) is 4.79 Å². The van der Waals surface area contributed by atoms with Gasteiger partial charge in [-0.05, 0) is 30.2 Å². The zero-order valence-corrected chi connectivity index (χ0v) is 13.9.